The van der Waals surface area contributed by atoms with E-state index in [1.54, 1.807) is 48.7 Å². The zero-order valence-corrected chi connectivity index (χ0v) is 22.1. The average Bonchev–Trinajstić information content (AvgIpc) is 3.38. The largest absolute Gasteiger partial charge is 0.462 e. The number of nitrogens with zero attached hydrogens (tertiary/aromatic N) is 3. The second kappa shape index (κ2) is 11.1. The molecular weight excluding hydrogens is 515 g/mol. The summed E-state index contributed by atoms with van der Waals surface area (Å²) in [4.78, 5) is 35.2. The van der Waals surface area contributed by atoms with Gasteiger partial charge < -0.3 is 24.7 Å². The van der Waals surface area contributed by atoms with Gasteiger partial charge in [-0.2, -0.15) is 10.1 Å². The predicted octanol–water partition coefficient (Wildman–Crippen LogP) is 2.31. The minimum atomic E-state index is -4.13. The van der Waals surface area contributed by atoms with Crippen molar-refractivity contribution < 1.29 is 28.3 Å². The number of ether oxygens (including phenoxy) is 1. The molecule has 204 valence electrons. The summed E-state index contributed by atoms with van der Waals surface area (Å²) in [6.45, 7) is 8.78. The predicted molar refractivity (Wildman–Crippen MR) is 139 cm³/mol. The van der Waals surface area contributed by atoms with Crippen LogP contribution in [0.1, 0.15) is 33.2 Å². The van der Waals surface area contributed by atoms with Gasteiger partial charge >= 0.3 is 13.7 Å². The van der Waals surface area contributed by atoms with E-state index in [0.29, 0.717) is 5.57 Å². The highest BCUT2D eigenvalue weighted by Gasteiger charge is 2.41. The lowest BCUT2D eigenvalue weighted by atomic mass is 10.0. The van der Waals surface area contributed by atoms with Crippen molar-refractivity contribution in [2.45, 2.75) is 51.5 Å². The minimum Gasteiger partial charge on any atom is -0.462 e. The quantitative estimate of drug-likeness (QED) is 0.166. The third-order valence-electron chi connectivity index (χ3n) is 6.07. The molecular formula is C24H31N6O7P. The second-order valence-corrected chi connectivity index (χ2v) is 11.0. The number of aromatic amines is 1. The maximum atomic E-state index is 13.8. The van der Waals surface area contributed by atoms with Crippen molar-refractivity contribution in [3.05, 3.63) is 59.2 Å². The number of aromatic nitrogens is 4. The first-order valence-electron chi connectivity index (χ1n) is 12.0. The first-order chi connectivity index (χ1) is 18.0. The third kappa shape index (κ3) is 5.97. The Balaban J connectivity index is 1.53. The van der Waals surface area contributed by atoms with Gasteiger partial charge in [0.15, 0.2) is 11.2 Å². The molecule has 2 aromatic heterocycles. The highest BCUT2D eigenvalue weighted by atomic mass is 31.2. The average molecular weight is 547 g/mol. The number of anilines is 1. The fourth-order valence-electron chi connectivity index (χ4n) is 4.23. The lowest BCUT2D eigenvalue weighted by molar-refractivity contribution is -0.149. The first-order valence-corrected chi connectivity index (χ1v) is 13.6. The molecule has 3 aromatic rings. The Morgan fingerprint density at radius 3 is 2.74 bits per heavy atom. The minimum absolute atomic E-state index is 0.0662. The molecule has 13 nitrogen and oxygen atoms in total. The van der Waals surface area contributed by atoms with Gasteiger partial charge in [0.1, 0.15) is 11.8 Å². The number of benzene rings is 1. The molecule has 1 saturated carbocycles. The van der Waals surface area contributed by atoms with Crippen LogP contribution in [-0.4, -0.2) is 55.5 Å². The normalized spacial score (nSPS) is 21.9. The fourth-order valence-corrected chi connectivity index (χ4v) is 5.75. The van der Waals surface area contributed by atoms with Crippen LogP contribution in [0.4, 0.5) is 5.95 Å². The number of nitrogen functional groups attached to an aromatic ring is 1. The molecule has 0 aliphatic heterocycles. The number of hydrogen-bond acceptors (Lipinski definition) is 10. The van der Waals surface area contributed by atoms with E-state index in [1.165, 1.54) is 13.3 Å². The molecule has 1 unspecified atom stereocenters. The zero-order valence-electron chi connectivity index (χ0n) is 21.2. The number of rotatable bonds is 10. The van der Waals surface area contributed by atoms with Gasteiger partial charge in [0.2, 0.25) is 5.95 Å². The van der Waals surface area contributed by atoms with Gasteiger partial charge in [0.25, 0.3) is 5.56 Å². The smallest absolute Gasteiger partial charge is 0.459 e. The Kier molecular flexibility index (Phi) is 8.02. The molecule has 0 radical (unpaired) electrons. The van der Waals surface area contributed by atoms with Crippen LogP contribution in [0.2, 0.25) is 0 Å². The number of nitrogens with one attached hydrogen (secondary N) is 2. The number of aliphatic hydroxyl groups is 1. The molecule has 0 amide bonds. The molecule has 0 saturated heterocycles. The van der Waals surface area contributed by atoms with Crippen LogP contribution < -0.4 is 20.9 Å². The van der Waals surface area contributed by atoms with Gasteiger partial charge in [-0.3, -0.25) is 19.1 Å². The van der Waals surface area contributed by atoms with E-state index in [-0.39, 0.29) is 42.0 Å². The van der Waals surface area contributed by atoms with Crippen LogP contribution >= 0.6 is 7.75 Å². The first kappa shape index (κ1) is 27.5. The molecule has 4 rings (SSSR count). The number of aliphatic hydroxyl groups excluding tert-OH is 1. The second-order valence-electron chi connectivity index (χ2n) is 9.31. The van der Waals surface area contributed by atoms with Crippen molar-refractivity contribution in [3.8, 4) is 5.75 Å². The Morgan fingerprint density at radius 2 is 2.05 bits per heavy atom. The number of imidazole rings is 1. The Hall–Kier alpha value is -3.51. The Labute approximate surface area is 218 Å². The van der Waals surface area contributed by atoms with Crippen molar-refractivity contribution in [2.75, 3.05) is 12.3 Å². The van der Waals surface area contributed by atoms with Crippen LogP contribution in [0.5, 0.6) is 5.75 Å². The summed E-state index contributed by atoms with van der Waals surface area (Å²) >= 11 is 0. The summed E-state index contributed by atoms with van der Waals surface area (Å²) in [7, 11) is -4.13. The standard InChI is InChI=1S/C24H31N6O7P/c1-13(2)36-23(33)15(4)29-38(34,37-16-8-6-5-7-9-16)35-11-17-14(3)18(10-19(17)31)30-12-26-20-21(30)27-24(25)28-22(20)32/h5-9,12-13,15,17-19,31H,3,10-11H2,1-2,4H3,(H,29,34)(H3,25,27,28,32)/t15-,17-,18-,19-,38?/m0/s1. The molecule has 1 aliphatic carbocycles. The van der Waals surface area contributed by atoms with Gasteiger partial charge in [-0.25, -0.2) is 9.55 Å². The fraction of sp³-hybridized carbons (Fsp3) is 0.417. The van der Waals surface area contributed by atoms with E-state index in [1.807, 2.05) is 0 Å². The summed E-state index contributed by atoms with van der Waals surface area (Å²) in [6, 6.07) is 6.87. The molecule has 38 heavy (non-hydrogen) atoms. The van der Waals surface area contributed by atoms with E-state index in [9.17, 15) is 19.3 Å². The van der Waals surface area contributed by atoms with E-state index in [4.69, 9.17) is 19.5 Å². The van der Waals surface area contributed by atoms with Crippen LogP contribution in [0, 0.1) is 5.92 Å². The lowest BCUT2D eigenvalue weighted by Crippen LogP contribution is -2.36. The highest BCUT2D eigenvalue weighted by Crippen LogP contribution is 2.48. The number of esters is 1. The molecule has 1 aromatic carbocycles. The highest BCUT2D eigenvalue weighted by molar-refractivity contribution is 7.52. The summed E-state index contributed by atoms with van der Waals surface area (Å²) < 4.78 is 32.0. The van der Waals surface area contributed by atoms with Crippen molar-refractivity contribution >= 4 is 30.8 Å². The van der Waals surface area contributed by atoms with Crippen LogP contribution in [0.3, 0.4) is 0 Å². The number of fused-ring (bicyclic) bond motifs is 1. The zero-order chi connectivity index (χ0) is 27.6. The van der Waals surface area contributed by atoms with Gasteiger partial charge in [0, 0.05) is 5.92 Å². The molecule has 2 heterocycles. The third-order valence-corrected chi connectivity index (χ3v) is 7.71. The van der Waals surface area contributed by atoms with Gasteiger partial charge in [-0.15, -0.1) is 0 Å². The van der Waals surface area contributed by atoms with Gasteiger partial charge in [-0.1, -0.05) is 24.8 Å². The van der Waals surface area contributed by atoms with Gasteiger partial charge in [-0.05, 0) is 44.9 Å². The summed E-state index contributed by atoms with van der Waals surface area (Å²) in [5.41, 5.74) is 6.13. The van der Waals surface area contributed by atoms with Crippen LogP contribution in [-0.2, 0) is 18.6 Å². The molecule has 5 N–H and O–H groups in total. The Morgan fingerprint density at radius 1 is 1.34 bits per heavy atom. The number of carbonyl (C=O) groups is 1. The molecule has 1 aliphatic rings. The van der Waals surface area contributed by atoms with Gasteiger partial charge in [0.05, 0.1) is 31.2 Å². The topological polar surface area (TPSA) is 184 Å². The number of para-hydroxylation sites is 1. The molecule has 0 spiro atoms. The lowest BCUT2D eigenvalue weighted by Gasteiger charge is -2.25. The van der Waals surface area contributed by atoms with Crippen molar-refractivity contribution in [1.82, 2.24) is 24.6 Å². The summed E-state index contributed by atoms with van der Waals surface area (Å²) in [5.74, 6) is -1.08. The summed E-state index contributed by atoms with van der Waals surface area (Å²) in [6.07, 6.45) is 0.375. The van der Waals surface area contributed by atoms with Crippen LogP contribution in [0.15, 0.2) is 53.6 Å². The van der Waals surface area contributed by atoms with Crippen molar-refractivity contribution in [3.63, 3.8) is 0 Å². The summed E-state index contributed by atoms with van der Waals surface area (Å²) in [5, 5.41) is 13.5. The van der Waals surface area contributed by atoms with Crippen molar-refractivity contribution in [1.29, 1.82) is 0 Å². The van der Waals surface area contributed by atoms with E-state index in [2.05, 4.69) is 26.6 Å². The van der Waals surface area contributed by atoms with Crippen LogP contribution in [0.25, 0.3) is 11.2 Å². The molecule has 14 heteroatoms. The Bertz CT molecular complexity index is 1420. The maximum Gasteiger partial charge on any atom is 0.459 e. The molecule has 0 bridgehead atoms. The number of H-pyrrole nitrogens is 1. The van der Waals surface area contributed by atoms with E-state index in [0.717, 1.165) is 0 Å². The maximum absolute atomic E-state index is 13.8. The molecule has 5 atom stereocenters. The number of carbonyl (C=O) groups excluding carboxylic acids is 1. The molecule has 1 fully saturated rings. The SMILES string of the molecule is C=C1[C@H](COP(=O)(N[C@@H](C)C(=O)OC(C)C)Oc2ccccc2)[C@@H](O)C[C@@H]1n1cnc2c(=O)[nH]c(N)nc21. The number of nitrogens with two attached hydrogens (primary N) is 1. The number of hydrogen-bond donors (Lipinski definition) is 4. The van der Waals surface area contributed by atoms with E-state index >= 15 is 0 Å². The monoisotopic (exact) mass is 546 g/mol. The van der Waals surface area contributed by atoms with E-state index < -0.39 is 43.4 Å². The van der Waals surface area contributed by atoms with Crippen molar-refractivity contribution in [2.24, 2.45) is 5.92 Å².